The van der Waals surface area contributed by atoms with Crippen molar-refractivity contribution in [3.05, 3.63) is 22.3 Å². The molecule has 1 N–H and O–H groups in total. The van der Waals surface area contributed by atoms with Crippen LogP contribution >= 0.6 is 15.9 Å². The molecule has 0 bridgehead atoms. The number of aromatic carboxylic acids is 1. The number of rotatable bonds is 2. The predicted molar refractivity (Wildman–Crippen MR) is 77.0 cm³/mol. The number of Topliss-reactive ketones (excluding diaryl/α,β-unsaturated/α-hetero) is 1. The van der Waals surface area contributed by atoms with Crippen LogP contribution in [0, 0.1) is 5.41 Å². The van der Waals surface area contributed by atoms with E-state index in [1.807, 2.05) is 0 Å². The summed E-state index contributed by atoms with van der Waals surface area (Å²) in [6, 6.07) is 3.32. The maximum absolute atomic E-state index is 11.2. The van der Waals surface area contributed by atoms with Crippen molar-refractivity contribution >= 4 is 33.5 Å². The molecule has 0 radical (unpaired) electrons. The molecule has 2 aliphatic rings. The fourth-order valence-electron chi connectivity index (χ4n) is 3.11. The molecule has 1 spiro atoms. The zero-order valence-corrected chi connectivity index (χ0v) is 12.5. The van der Waals surface area contributed by atoms with Crippen LogP contribution in [0.1, 0.15) is 36.0 Å². The van der Waals surface area contributed by atoms with Gasteiger partial charge in [-0.15, -0.1) is 0 Å². The average molecular weight is 339 g/mol. The molecule has 1 saturated heterocycles. The van der Waals surface area contributed by atoms with Crippen molar-refractivity contribution < 1.29 is 14.7 Å². The highest BCUT2D eigenvalue weighted by Crippen LogP contribution is 2.47. The monoisotopic (exact) mass is 338 g/mol. The summed E-state index contributed by atoms with van der Waals surface area (Å²) in [6.07, 6.45) is 3.49. The minimum atomic E-state index is -0.985. The summed E-state index contributed by atoms with van der Waals surface area (Å²) in [5, 5.41) is 8.98. The summed E-state index contributed by atoms with van der Waals surface area (Å²) in [4.78, 5) is 28.6. The Hall–Kier alpha value is -1.43. The molecule has 1 aromatic heterocycles. The maximum atomic E-state index is 11.2. The molecular formula is C14H15BrN2O3. The fraction of sp³-hybridized carbons (Fsp3) is 0.500. The van der Waals surface area contributed by atoms with Crippen LogP contribution in [0.3, 0.4) is 0 Å². The highest BCUT2D eigenvalue weighted by atomic mass is 79.9. The Morgan fingerprint density at radius 2 is 1.95 bits per heavy atom. The number of carboxylic acid groups (broad SMARTS) is 1. The lowest BCUT2D eigenvalue weighted by molar-refractivity contribution is -0.133. The van der Waals surface area contributed by atoms with Crippen molar-refractivity contribution in [2.45, 2.75) is 25.7 Å². The second kappa shape index (κ2) is 4.84. The third-order valence-corrected chi connectivity index (χ3v) is 4.96. The van der Waals surface area contributed by atoms with Crippen molar-refractivity contribution in [1.82, 2.24) is 4.98 Å². The number of piperidine rings is 1. The lowest BCUT2D eigenvalue weighted by atomic mass is 9.62. The third kappa shape index (κ3) is 2.32. The van der Waals surface area contributed by atoms with Crippen LogP contribution in [-0.2, 0) is 4.79 Å². The standard InChI is InChI=1S/C14H15BrN2O3/c15-12-10(13(19)20)1-2-11(16-12)17-5-3-14(4-6-17)7-9(18)8-14/h1-2H,3-8H2,(H,19,20). The van der Waals surface area contributed by atoms with Crippen molar-refractivity contribution in [3.63, 3.8) is 0 Å². The molecule has 0 aromatic carbocycles. The van der Waals surface area contributed by atoms with Crippen LogP contribution < -0.4 is 4.90 Å². The number of ketones is 1. The number of carboxylic acids is 1. The van der Waals surface area contributed by atoms with Crippen LogP contribution in [-0.4, -0.2) is 34.9 Å². The molecule has 1 aliphatic heterocycles. The first kappa shape index (κ1) is 13.5. The Bertz CT molecular complexity index is 570. The quantitative estimate of drug-likeness (QED) is 0.839. The third-order valence-electron chi connectivity index (χ3n) is 4.36. The van der Waals surface area contributed by atoms with Gasteiger partial charge in [-0.1, -0.05) is 0 Å². The Kier molecular flexibility index (Phi) is 3.28. The topological polar surface area (TPSA) is 70.5 Å². The Balaban J connectivity index is 1.70. The van der Waals surface area contributed by atoms with Crippen LogP contribution in [0.2, 0.25) is 0 Å². The van der Waals surface area contributed by atoms with Crippen molar-refractivity contribution in [1.29, 1.82) is 0 Å². The molecule has 0 atom stereocenters. The Labute approximate surface area is 125 Å². The number of nitrogens with zero attached hydrogens (tertiary/aromatic N) is 2. The SMILES string of the molecule is O=C1CC2(CCN(c3ccc(C(=O)O)c(Br)n3)CC2)C1. The number of aromatic nitrogens is 1. The summed E-state index contributed by atoms with van der Waals surface area (Å²) in [5.41, 5.74) is 0.415. The molecule has 1 aromatic rings. The van der Waals surface area contributed by atoms with Gasteiger partial charge < -0.3 is 10.0 Å². The molecule has 6 heteroatoms. The van der Waals surface area contributed by atoms with Gasteiger partial charge in [-0.2, -0.15) is 0 Å². The minimum absolute atomic E-state index is 0.173. The minimum Gasteiger partial charge on any atom is -0.478 e. The summed E-state index contributed by atoms with van der Waals surface area (Å²) in [6.45, 7) is 1.75. The second-order valence-electron chi connectivity index (χ2n) is 5.69. The zero-order valence-electron chi connectivity index (χ0n) is 10.9. The number of halogens is 1. The molecule has 1 aliphatic carbocycles. The van der Waals surface area contributed by atoms with Crippen molar-refractivity contribution in [2.24, 2.45) is 5.41 Å². The molecule has 106 valence electrons. The summed E-state index contributed by atoms with van der Waals surface area (Å²) in [5.74, 6) is 0.189. The number of anilines is 1. The van der Waals surface area contributed by atoms with Gasteiger partial charge in [0, 0.05) is 25.9 Å². The Morgan fingerprint density at radius 3 is 2.45 bits per heavy atom. The van der Waals surface area contributed by atoms with Gasteiger partial charge in [-0.25, -0.2) is 9.78 Å². The molecule has 5 nitrogen and oxygen atoms in total. The van der Waals surface area contributed by atoms with Gasteiger partial charge in [0.15, 0.2) is 0 Å². The predicted octanol–water partition coefficient (Wildman–Crippen LogP) is 2.49. The van der Waals surface area contributed by atoms with Crippen LogP contribution in [0.15, 0.2) is 16.7 Å². The van der Waals surface area contributed by atoms with Gasteiger partial charge in [0.05, 0.1) is 5.56 Å². The van der Waals surface area contributed by atoms with Crippen LogP contribution in [0.25, 0.3) is 0 Å². The first-order valence-corrected chi connectivity index (χ1v) is 7.45. The zero-order chi connectivity index (χ0) is 14.3. The van der Waals surface area contributed by atoms with Gasteiger partial charge in [0.2, 0.25) is 0 Å². The van der Waals surface area contributed by atoms with E-state index in [0.29, 0.717) is 10.4 Å². The summed E-state index contributed by atoms with van der Waals surface area (Å²) in [7, 11) is 0. The van der Waals surface area contributed by atoms with E-state index in [-0.39, 0.29) is 11.0 Å². The lowest BCUT2D eigenvalue weighted by Gasteiger charge is -2.47. The highest BCUT2D eigenvalue weighted by molar-refractivity contribution is 9.10. The number of hydrogen-bond donors (Lipinski definition) is 1. The van der Waals surface area contributed by atoms with E-state index in [1.165, 1.54) is 0 Å². The van der Waals surface area contributed by atoms with E-state index in [1.54, 1.807) is 12.1 Å². The van der Waals surface area contributed by atoms with Crippen LogP contribution in [0.5, 0.6) is 0 Å². The fourth-order valence-corrected chi connectivity index (χ4v) is 3.59. The van der Waals surface area contributed by atoms with Gasteiger partial charge >= 0.3 is 5.97 Å². The van der Waals surface area contributed by atoms with E-state index >= 15 is 0 Å². The molecule has 0 amide bonds. The van der Waals surface area contributed by atoms with Gasteiger partial charge in [-0.05, 0) is 46.3 Å². The number of carbonyl (C=O) groups excluding carboxylic acids is 1. The molecule has 1 saturated carbocycles. The normalized spacial score (nSPS) is 20.9. The molecular weight excluding hydrogens is 324 g/mol. The van der Waals surface area contributed by atoms with Crippen molar-refractivity contribution in [3.8, 4) is 0 Å². The summed E-state index contributed by atoms with van der Waals surface area (Å²) < 4.78 is 0.363. The van der Waals surface area contributed by atoms with Gasteiger partial charge in [-0.3, -0.25) is 4.79 Å². The first-order chi connectivity index (χ1) is 9.49. The smallest absolute Gasteiger partial charge is 0.338 e. The Morgan fingerprint density at radius 1 is 1.30 bits per heavy atom. The molecule has 0 unspecified atom stereocenters. The van der Waals surface area contributed by atoms with Gasteiger partial charge in [0.25, 0.3) is 0 Å². The van der Waals surface area contributed by atoms with Crippen LogP contribution in [0.4, 0.5) is 5.82 Å². The van der Waals surface area contributed by atoms with Crippen molar-refractivity contribution in [2.75, 3.05) is 18.0 Å². The average Bonchev–Trinajstić information content (AvgIpc) is 2.37. The van der Waals surface area contributed by atoms with Gasteiger partial charge in [0.1, 0.15) is 16.2 Å². The summed E-state index contributed by atoms with van der Waals surface area (Å²) >= 11 is 3.21. The molecule has 3 rings (SSSR count). The van der Waals surface area contributed by atoms with E-state index in [9.17, 15) is 9.59 Å². The number of carbonyl (C=O) groups is 2. The van der Waals surface area contributed by atoms with E-state index in [2.05, 4.69) is 25.8 Å². The number of hydrogen-bond acceptors (Lipinski definition) is 4. The van der Waals surface area contributed by atoms with E-state index in [0.717, 1.165) is 44.6 Å². The highest BCUT2D eigenvalue weighted by Gasteiger charge is 2.45. The number of pyridine rings is 1. The van der Waals surface area contributed by atoms with E-state index < -0.39 is 5.97 Å². The maximum Gasteiger partial charge on any atom is 0.338 e. The molecule has 20 heavy (non-hydrogen) atoms. The first-order valence-electron chi connectivity index (χ1n) is 6.66. The second-order valence-corrected chi connectivity index (χ2v) is 6.44. The largest absolute Gasteiger partial charge is 0.478 e. The lowest BCUT2D eigenvalue weighted by Crippen LogP contribution is -2.47. The molecule has 2 heterocycles. The van der Waals surface area contributed by atoms with E-state index in [4.69, 9.17) is 5.11 Å². The molecule has 2 fully saturated rings.